The second-order valence-corrected chi connectivity index (χ2v) is 1.96. The summed E-state index contributed by atoms with van der Waals surface area (Å²) in [6.07, 6.45) is 1.74. The van der Waals surface area contributed by atoms with Gasteiger partial charge in [0.15, 0.2) is 0 Å². The van der Waals surface area contributed by atoms with Crippen molar-refractivity contribution in [1.82, 2.24) is 0 Å². The molecule has 0 radical (unpaired) electrons. The SMILES string of the molecule is O=CC[CH2][Na]. The molecule has 0 N–H and O–H groups in total. The third kappa shape index (κ3) is 4.67. The van der Waals surface area contributed by atoms with Gasteiger partial charge in [0.05, 0.1) is 0 Å². The van der Waals surface area contributed by atoms with Gasteiger partial charge >= 0.3 is 49.1 Å². The van der Waals surface area contributed by atoms with Gasteiger partial charge < -0.3 is 0 Å². The van der Waals surface area contributed by atoms with Crippen LogP contribution in [0.25, 0.3) is 0 Å². The van der Waals surface area contributed by atoms with E-state index in [1.165, 1.54) is 27.9 Å². The standard InChI is InChI=1S/C3H5O.Na/c1-2-3-4;/h3H,1-2H2;. The number of rotatable bonds is 2. The van der Waals surface area contributed by atoms with Crippen molar-refractivity contribution in [2.75, 3.05) is 0 Å². The monoisotopic (exact) mass is 80.0 g/mol. The average molecular weight is 80.1 g/mol. The summed E-state index contributed by atoms with van der Waals surface area (Å²) in [5.74, 6) is 0. The van der Waals surface area contributed by atoms with Crippen molar-refractivity contribution in [3.8, 4) is 0 Å². The van der Waals surface area contributed by atoms with Crippen molar-refractivity contribution < 1.29 is 4.79 Å². The minimum absolute atomic E-state index is 0.770. The molecule has 0 rings (SSSR count). The molecule has 0 atom stereocenters. The Morgan fingerprint density at radius 2 is 2.40 bits per heavy atom. The van der Waals surface area contributed by atoms with E-state index in [1.807, 2.05) is 0 Å². The van der Waals surface area contributed by atoms with Gasteiger partial charge in [-0.3, -0.25) is 0 Å². The molecule has 0 amide bonds. The fourth-order valence-corrected chi connectivity index (χ4v) is 0.354. The molecule has 24 valence electrons. The summed E-state index contributed by atoms with van der Waals surface area (Å²) in [4.78, 5) is 9.43. The van der Waals surface area contributed by atoms with Crippen LogP contribution in [0.4, 0.5) is 0 Å². The first kappa shape index (κ1) is 5.67. The van der Waals surface area contributed by atoms with Crippen LogP contribution in [0.15, 0.2) is 0 Å². The fourth-order valence-electron chi connectivity index (χ4n) is 0.118. The van der Waals surface area contributed by atoms with Gasteiger partial charge in [-0.1, -0.05) is 0 Å². The van der Waals surface area contributed by atoms with E-state index in [2.05, 4.69) is 0 Å². The van der Waals surface area contributed by atoms with Crippen LogP contribution < -0.4 is 0 Å². The van der Waals surface area contributed by atoms with Gasteiger partial charge in [-0.25, -0.2) is 0 Å². The van der Waals surface area contributed by atoms with Crippen molar-refractivity contribution in [3.63, 3.8) is 0 Å². The van der Waals surface area contributed by atoms with Crippen LogP contribution in [-0.2, 0) is 4.79 Å². The average Bonchev–Trinajstić information content (AvgIpc) is 1.41. The topological polar surface area (TPSA) is 17.1 Å². The van der Waals surface area contributed by atoms with E-state index >= 15 is 0 Å². The number of carbonyl (C=O) groups excluding carboxylic acids is 1. The van der Waals surface area contributed by atoms with Gasteiger partial charge in [-0.2, -0.15) is 0 Å². The molecule has 0 unspecified atom stereocenters. The molecule has 0 aliphatic carbocycles. The van der Waals surface area contributed by atoms with Gasteiger partial charge in [-0.15, -0.1) is 0 Å². The molecule has 0 heterocycles. The second-order valence-electron chi connectivity index (χ2n) is 0.955. The van der Waals surface area contributed by atoms with Crippen LogP contribution in [0.2, 0.25) is 3.67 Å². The summed E-state index contributed by atoms with van der Waals surface area (Å²) < 4.78 is 1.11. The van der Waals surface area contributed by atoms with Crippen LogP contribution >= 0.6 is 0 Å². The third-order valence-corrected chi connectivity index (χ3v) is 0.984. The molecule has 0 aromatic heterocycles. The molecule has 0 aromatic rings. The Bertz CT molecular complexity index is 28.1. The van der Waals surface area contributed by atoms with Gasteiger partial charge in [0.2, 0.25) is 0 Å². The zero-order chi connectivity index (χ0) is 4.12. The first-order valence-electron chi connectivity index (χ1n) is 1.85. The summed E-state index contributed by atoms with van der Waals surface area (Å²) in [5, 5.41) is 0. The Hall–Kier alpha value is 0.670. The van der Waals surface area contributed by atoms with Crippen LogP contribution in [0, 0.1) is 0 Å². The quantitative estimate of drug-likeness (QED) is 0.341. The van der Waals surface area contributed by atoms with Crippen LogP contribution in [0.5, 0.6) is 0 Å². The van der Waals surface area contributed by atoms with E-state index in [4.69, 9.17) is 0 Å². The Morgan fingerprint density at radius 1 is 1.80 bits per heavy atom. The molecule has 1 nitrogen and oxygen atoms in total. The summed E-state index contributed by atoms with van der Waals surface area (Å²) >= 11 is 1.17. The number of hydrogen-bond acceptors (Lipinski definition) is 1. The molecule has 0 aromatic carbocycles. The number of aldehydes is 1. The maximum atomic E-state index is 9.43. The molecule has 0 spiro atoms. The van der Waals surface area contributed by atoms with E-state index in [1.54, 1.807) is 0 Å². The first-order valence-corrected chi connectivity index (χ1v) is 3.27. The van der Waals surface area contributed by atoms with E-state index in [0.29, 0.717) is 0 Å². The molecule has 0 saturated carbocycles. The summed E-state index contributed by atoms with van der Waals surface area (Å²) in [6, 6.07) is 0. The predicted molar refractivity (Wildman–Crippen MR) is 21.2 cm³/mol. The van der Waals surface area contributed by atoms with Gasteiger partial charge in [-0.05, 0) is 0 Å². The Labute approximate surface area is 49.2 Å². The molecule has 0 aliphatic heterocycles. The Balaban J connectivity index is 2.40. The summed E-state index contributed by atoms with van der Waals surface area (Å²) in [5.41, 5.74) is 0. The van der Waals surface area contributed by atoms with E-state index in [-0.39, 0.29) is 0 Å². The maximum absolute atomic E-state index is 9.43. The van der Waals surface area contributed by atoms with Crippen LogP contribution in [0.1, 0.15) is 6.42 Å². The predicted octanol–water partition coefficient (Wildman–Crippen LogP) is 0.162. The van der Waals surface area contributed by atoms with Crippen molar-refractivity contribution in [3.05, 3.63) is 0 Å². The van der Waals surface area contributed by atoms with Crippen molar-refractivity contribution >= 4 is 34.2 Å². The fraction of sp³-hybridized carbons (Fsp3) is 0.667. The van der Waals surface area contributed by atoms with Crippen LogP contribution in [0.3, 0.4) is 0 Å². The van der Waals surface area contributed by atoms with Gasteiger partial charge in [0.1, 0.15) is 0 Å². The Kier molecular flexibility index (Phi) is 5.30. The molecule has 0 saturated heterocycles. The van der Waals surface area contributed by atoms with Crippen molar-refractivity contribution in [1.29, 1.82) is 0 Å². The van der Waals surface area contributed by atoms with Crippen molar-refractivity contribution in [2.24, 2.45) is 0 Å². The number of carbonyl (C=O) groups is 1. The third-order valence-electron chi connectivity index (χ3n) is 0.407. The van der Waals surface area contributed by atoms with E-state index in [9.17, 15) is 4.79 Å². The first-order chi connectivity index (χ1) is 2.41. The van der Waals surface area contributed by atoms with Gasteiger partial charge in [0, 0.05) is 0 Å². The van der Waals surface area contributed by atoms with E-state index in [0.717, 1.165) is 16.4 Å². The molecule has 2 heteroatoms. The zero-order valence-corrected chi connectivity index (χ0v) is 5.40. The number of hydrogen-bond donors (Lipinski definition) is 0. The molecule has 0 bridgehead atoms. The molecule has 0 aliphatic rings. The summed E-state index contributed by atoms with van der Waals surface area (Å²) in [6.45, 7) is 0. The zero-order valence-electron chi connectivity index (χ0n) is 3.40. The molecule has 5 heavy (non-hydrogen) atoms. The molecule has 0 fully saturated rings. The molecular formula is C3H5NaO. The van der Waals surface area contributed by atoms with Crippen molar-refractivity contribution in [2.45, 2.75) is 10.1 Å². The van der Waals surface area contributed by atoms with E-state index < -0.39 is 0 Å². The molecular weight excluding hydrogens is 75.0 g/mol. The second kappa shape index (κ2) is 4.67. The minimum atomic E-state index is 0.770. The summed E-state index contributed by atoms with van der Waals surface area (Å²) in [7, 11) is 0. The van der Waals surface area contributed by atoms with Crippen LogP contribution in [-0.4, -0.2) is 34.2 Å². The Morgan fingerprint density at radius 3 is 2.40 bits per heavy atom. The normalized spacial score (nSPS) is 7.60. The van der Waals surface area contributed by atoms with Gasteiger partial charge in [0.25, 0.3) is 0 Å².